The molecule has 0 aromatic carbocycles. The summed E-state index contributed by atoms with van der Waals surface area (Å²) in [6.45, 7) is 3.90. The Labute approximate surface area is 112 Å². The normalized spacial score (nSPS) is 13.4. The molecule has 0 aromatic heterocycles. The maximum Gasteiger partial charge on any atom is 0.326 e. The van der Waals surface area contributed by atoms with Crippen molar-refractivity contribution in [3.05, 3.63) is 0 Å². The number of rotatable bonds is 9. The van der Waals surface area contributed by atoms with Crippen LogP contribution in [0.4, 0.5) is 4.79 Å². The van der Waals surface area contributed by atoms with E-state index in [1.54, 1.807) is 0 Å². The summed E-state index contributed by atoms with van der Waals surface area (Å²) in [5.41, 5.74) is 0. The zero-order valence-electron chi connectivity index (χ0n) is 11.3. The minimum atomic E-state index is -1.42. The monoisotopic (exact) mass is 274 g/mol. The van der Waals surface area contributed by atoms with Crippen molar-refractivity contribution in [1.29, 1.82) is 0 Å². The third kappa shape index (κ3) is 8.87. The molecule has 0 heterocycles. The molecular formula is C12H22N2O5. The van der Waals surface area contributed by atoms with E-state index in [1.165, 1.54) is 0 Å². The molecular weight excluding hydrogens is 252 g/mol. The van der Waals surface area contributed by atoms with Crippen molar-refractivity contribution in [2.45, 2.75) is 58.0 Å². The second kappa shape index (κ2) is 9.18. The Kier molecular flexibility index (Phi) is 8.32. The van der Waals surface area contributed by atoms with Gasteiger partial charge in [-0.15, -0.1) is 0 Å². The van der Waals surface area contributed by atoms with Crippen molar-refractivity contribution < 1.29 is 24.6 Å². The first-order valence-corrected chi connectivity index (χ1v) is 6.38. The van der Waals surface area contributed by atoms with Crippen LogP contribution in [-0.2, 0) is 9.59 Å². The lowest BCUT2D eigenvalue weighted by molar-refractivity contribution is -0.145. The maximum atomic E-state index is 11.5. The molecule has 2 amide bonds. The molecule has 0 aromatic rings. The van der Waals surface area contributed by atoms with E-state index in [0.29, 0.717) is 0 Å². The SMILES string of the molecule is CCCCCC(C)NC(=O)NC(CC(=O)O)C(=O)O. The lowest BCUT2D eigenvalue weighted by Crippen LogP contribution is -2.49. The van der Waals surface area contributed by atoms with Crippen LogP contribution in [0, 0.1) is 0 Å². The number of hydrogen-bond acceptors (Lipinski definition) is 3. The number of hydrogen-bond donors (Lipinski definition) is 4. The minimum absolute atomic E-state index is 0.0779. The van der Waals surface area contributed by atoms with Gasteiger partial charge in [0.25, 0.3) is 0 Å². The number of aliphatic carboxylic acids is 2. The van der Waals surface area contributed by atoms with Gasteiger partial charge in [-0.25, -0.2) is 9.59 Å². The van der Waals surface area contributed by atoms with Crippen LogP contribution >= 0.6 is 0 Å². The fourth-order valence-corrected chi connectivity index (χ4v) is 1.57. The number of carbonyl (C=O) groups is 3. The van der Waals surface area contributed by atoms with Gasteiger partial charge in [-0.2, -0.15) is 0 Å². The average molecular weight is 274 g/mol. The standard InChI is InChI=1S/C12H22N2O5/c1-3-4-5-6-8(2)13-12(19)14-9(11(17)18)7-10(15)16/h8-9H,3-7H2,1-2H3,(H,15,16)(H,17,18)(H2,13,14,19). The summed E-state index contributed by atoms with van der Waals surface area (Å²) in [4.78, 5) is 32.7. The van der Waals surface area contributed by atoms with Crippen LogP contribution in [0.1, 0.15) is 46.0 Å². The molecule has 4 N–H and O–H groups in total. The third-order valence-electron chi connectivity index (χ3n) is 2.60. The quantitative estimate of drug-likeness (QED) is 0.471. The van der Waals surface area contributed by atoms with E-state index >= 15 is 0 Å². The summed E-state index contributed by atoms with van der Waals surface area (Å²) in [7, 11) is 0. The molecule has 0 spiro atoms. The van der Waals surface area contributed by atoms with Gasteiger partial charge in [0.2, 0.25) is 0 Å². The first-order chi connectivity index (χ1) is 8.86. The number of carboxylic acids is 2. The molecule has 0 saturated heterocycles. The molecule has 0 saturated carbocycles. The molecule has 0 bridgehead atoms. The van der Waals surface area contributed by atoms with Crippen LogP contribution in [0.25, 0.3) is 0 Å². The Hall–Kier alpha value is -1.79. The van der Waals surface area contributed by atoms with Crippen molar-refractivity contribution in [3.63, 3.8) is 0 Å². The Morgan fingerprint density at radius 3 is 2.21 bits per heavy atom. The first kappa shape index (κ1) is 17.2. The molecule has 7 nitrogen and oxygen atoms in total. The van der Waals surface area contributed by atoms with Crippen molar-refractivity contribution in [2.24, 2.45) is 0 Å². The number of urea groups is 1. The number of carboxylic acid groups (broad SMARTS) is 2. The van der Waals surface area contributed by atoms with E-state index in [0.717, 1.165) is 25.7 Å². The highest BCUT2D eigenvalue weighted by Gasteiger charge is 2.23. The van der Waals surface area contributed by atoms with Crippen LogP contribution in [0.15, 0.2) is 0 Å². The Bertz CT molecular complexity index is 319. The molecule has 2 atom stereocenters. The van der Waals surface area contributed by atoms with Gasteiger partial charge in [0, 0.05) is 6.04 Å². The van der Waals surface area contributed by atoms with E-state index < -0.39 is 30.4 Å². The summed E-state index contributed by atoms with van der Waals surface area (Å²) < 4.78 is 0. The van der Waals surface area contributed by atoms with Crippen molar-refractivity contribution >= 4 is 18.0 Å². The van der Waals surface area contributed by atoms with Gasteiger partial charge >= 0.3 is 18.0 Å². The van der Waals surface area contributed by atoms with Crippen molar-refractivity contribution in [1.82, 2.24) is 10.6 Å². The molecule has 110 valence electrons. The highest BCUT2D eigenvalue weighted by atomic mass is 16.4. The topological polar surface area (TPSA) is 116 Å². The van der Waals surface area contributed by atoms with E-state index in [9.17, 15) is 14.4 Å². The van der Waals surface area contributed by atoms with Crippen LogP contribution in [-0.4, -0.2) is 40.3 Å². The summed E-state index contributed by atoms with van der Waals surface area (Å²) in [5.74, 6) is -2.64. The molecule has 0 rings (SSSR count). The maximum absolute atomic E-state index is 11.5. The Balaban J connectivity index is 4.11. The zero-order chi connectivity index (χ0) is 14.8. The second-order valence-electron chi connectivity index (χ2n) is 4.50. The van der Waals surface area contributed by atoms with Gasteiger partial charge in [-0.05, 0) is 13.3 Å². The number of carbonyl (C=O) groups excluding carboxylic acids is 1. The Morgan fingerprint density at radius 1 is 1.11 bits per heavy atom. The van der Waals surface area contributed by atoms with Gasteiger partial charge in [-0.1, -0.05) is 26.2 Å². The second-order valence-corrected chi connectivity index (χ2v) is 4.50. The molecule has 2 unspecified atom stereocenters. The van der Waals surface area contributed by atoms with Crippen LogP contribution in [0.2, 0.25) is 0 Å². The van der Waals surface area contributed by atoms with Crippen LogP contribution in [0.5, 0.6) is 0 Å². The number of amides is 2. The highest BCUT2D eigenvalue weighted by molar-refractivity contribution is 5.86. The summed E-state index contributed by atoms with van der Waals surface area (Å²) in [6.07, 6.45) is 3.29. The van der Waals surface area contributed by atoms with Crippen LogP contribution < -0.4 is 10.6 Å². The molecule has 0 radical (unpaired) electrons. The van der Waals surface area contributed by atoms with Gasteiger partial charge in [0.1, 0.15) is 6.04 Å². The third-order valence-corrected chi connectivity index (χ3v) is 2.60. The molecule has 0 aliphatic carbocycles. The fraction of sp³-hybridized carbons (Fsp3) is 0.750. The van der Waals surface area contributed by atoms with Crippen LogP contribution in [0.3, 0.4) is 0 Å². The number of unbranched alkanes of at least 4 members (excludes halogenated alkanes) is 2. The molecule has 0 aliphatic rings. The molecule has 19 heavy (non-hydrogen) atoms. The van der Waals surface area contributed by atoms with Gasteiger partial charge in [-0.3, -0.25) is 4.79 Å². The van der Waals surface area contributed by atoms with Crippen molar-refractivity contribution in [3.8, 4) is 0 Å². The van der Waals surface area contributed by atoms with E-state index in [1.807, 2.05) is 6.92 Å². The lowest BCUT2D eigenvalue weighted by atomic mass is 10.1. The van der Waals surface area contributed by atoms with Gasteiger partial charge in [0.15, 0.2) is 0 Å². The predicted octanol–water partition coefficient (Wildman–Crippen LogP) is 1.18. The largest absolute Gasteiger partial charge is 0.481 e. The first-order valence-electron chi connectivity index (χ1n) is 6.38. The smallest absolute Gasteiger partial charge is 0.326 e. The average Bonchev–Trinajstić information content (AvgIpc) is 2.27. The minimum Gasteiger partial charge on any atom is -0.481 e. The number of nitrogens with one attached hydrogen (secondary N) is 2. The predicted molar refractivity (Wildman–Crippen MR) is 68.9 cm³/mol. The fourth-order valence-electron chi connectivity index (χ4n) is 1.57. The Morgan fingerprint density at radius 2 is 1.74 bits per heavy atom. The van der Waals surface area contributed by atoms with Crippen molar-refractivity contribution in [2.75, 3.05) is 0 Å². The van der Waals surface area contributed by atoms with E-state index in [2.05, 4.69) is 17.6 Å². The lowest BCUT2D eigenvalue weighted by Gasteiger charge is -2.17. The van der Waals surface area contributed by atoms with Gasteiger partial charge in [0.05, 0.1) is 6.42 Å². The van der Waals surface area contributed by atoms with E-state index in [-0.39, 0.29) is 6.04 Å². The molecule has 0 aliphatic heterocycles. The highest BCUT2D eigenvalue weighted by Crippen LogP contribution is 2.02. The summed E-state index contributed by atoms with van der Waals surface area (Å²) in [6, 6.07) is -2.15. The summed E-state index contributed by atoms with van der Waals surface area (Å²) >= 11 is 0. The summed E-state index contributed by atoms with van der Waals surface area (Å²) in [5, 5.41) is 22.0. The van der Waals surface area contributed by atoms with E-state index in [4.69, 9.17) is 10.2 Å². The van der Waals surface area contributed by atoms with Gasteiger partial charge < -0.3 is 20.8 Å². The zero-order valence-corrected chi connectivity index (χ0v) is 11.3. The molecule has 0 fully saturated rings. The molecule has 7 heteroatoms.